The summed E-state index contributed by atoms with van der Waals surface area (Å²) in [7, 11) is 5.52. The van der Waals surface area contributed by atoms with E-state index in [1.807, 2.05) is 21.1 Å². The minimum atomic E-state index is -0.884. The normalized spacial score (nSPS) is 13.8. The summed E-state index contributed by atoms with van der Waals surface area (Å²) < 4.78 is 17.4. The highest BCUT2D eigenvalue weighted by molar-refractivity contribution is 5.72. The molecule has 8 heteroatoms. The van der Waals surface area contributed by atoms with Crippen LogP contribution in [-0.2, 0) is 28.6 Å². The molecular weight excluding hydrogens is 859 g/mol. The number of esters is 2. The fourth-order valence-corrected chi connectivity index (χ4v) is 7.26. The number of unbranched alkanes of at least 4 members (excludes halogenated alkanes) is 13. The zero-order valence-corrected chi connectivity index (χ0v) is 44.5. The Balaban J connectivity index is 4.31. The quantitative estimate of drug-likeness (QED) is 0.0281. The molecule has 0 radical (unpaired) electrons. The van der Waals surface area contributed by atoms with Crippen LogP contribution in [0.2, 0.25) is 0 Å². The molecule has 0 fully saturated rings. The monoisotopic (exact) mass is 959 g/mol. The summed E-state index contributed by atoms with van der Waals surface area (Å²) in [4.78, 5) is 37.3. The first-order valence-electron chi connectivity index (χ1n) is 27.1. The van der Waals surface area contributed by atoms with Gasteiger partial charge in [0.15, 0.2) is 12.1 Å². The molecule has 1 N–H and O–H groups in total. The first-order chi connectivity index (χ1) is 33.6. The van der Waals surface area contributed by atoms with E-state index in [4.69, 9.17) is 14.2 Å². The number of carbonyl (C=O) groups is 3. The van der Waals surface area contributed by atoms with E-state index in [0.717, 1.165) is 122 Å². The fraction of sp³-hybridized carbons (Fsp3) is 0.623. The maximum atomic E-state index is 12.8. The maximum absolute atomic E-state index is 12.8. The highest BCUT2D eigenvalue weighted by atomic mass is 16.6. The van der Waals surface area contributed by atoms with E-state index in [1.54, 1.807) is 0 Å². The van der Waals surface area contributed by atoms with E-state index in [-0.39, 0.29) is 36.2 Å². The second kappa shape index (κ2) is 50.1. The van der Waals surface area contributed by atoms with Crippen LogP contribution in [0.15, 0.2) is 122 Å². The van der Waals surface area contributed by atoms with Crippen LogP contribution in [0.25, 0.3) is 0 Å². The predicted molar refractivity (Wildman–Crippen MR) is 293 cm³/mol. The molecule has 0 saturated heterocycles. The number of aliphatic carboxylic acids is 1. The second-order valence-electron chi connectivity index (χ2n) is 18.7. The van der Waals surface area contributed by atoms with Gasteiger partial charge in [-0.25, -0.2) is 4.79 Å². The van der Waals surface area contributed by atoms with Crippen molar-refractivity contribution in [3.8, 4) is 0 Å². The Morgan fingerprint density at radius 1 is 0.435 bits per heavy atom. The molecule has 0 aliphatic heterocycles. The lowest BCUT2D eigenvalue weighted by Gasteiger charge is -2.31. The van der Waals surface area contributed by atoms with Crippen LogP contribution in [0.1, 0.15) is 194 Å². The van der Waals surface area contributed by atoms with Gasteiger partial charge in [-0.3, -0.25) is 9.59 Å². The van der Waals surface area contributed by atoms with Gasteiger partial charge in [-0.15, -0.1) is 0 Å². The largest absolute Gasteiger partial charge is 0.477 e. The Labute approximate surface area is 422 Å². The Hall–Kier alpha value is -4.27. The molecular formula is C61H100NO7+. The Morgan fingerprint density at radius 2 is 0.768 bits per heavy atom. The van der Waals surface area contributed by atoms with Gasteiger partial charge in [0.25, 0.3) is 0 Å². The number of rotatable bonds is 47. The van der Waals surface area contributed by atoms with E-state index >= 15 is 0 Å². The highest BCUT2D eigenvalue weighted by Gasteiger charge is 2.31. The standard InChI is InChI=1S/C61H99NO7/c1-6-8-10-12-14-16-18-20-22-24-26-28-30-32-33-35-37-39-41-43-45-47-49-51-59(63)68-56-57(55-67-54-53-58(61(65)66)62(3,4)5)69-60(64)52-50-48-46-44-42-40-38-36-34-31-29-27-25-23-21-19-17-15-13-11-9-7-2/h8-11,14-17,20-23,26-29,32-33,37,39,57-58H,6-7,12-13,18-19,24-25,30-31,34-36,38,40-56H2,1-5H3/p+1/b10-8+,11-9+,16-14+,17-15+,22-20+,23-21+,28-26+,29-27+,33-32+,39-37+. The van der Waals surface area contributed by atoms with E-state index in [2.05, 4.69) is 135 Å². The number of carboxylic acids is 1. The smallest absolute Gasteiger partial charge is 0.362 e. The number of likely N-dealkylation sites (N-methyl/N-ethyl adjacent to an activating group) is 1. The average Bonchev–Trinajstić information content (AvgIpc) is 3.31. The molecule has 0 saturated carbocycles. The molecule has 0 spiro atoms. The van der Waals surface area contributed by atoms with Crippen molar-refractivity contribution < 1.29 is 38.2 Å². The molecule has 0 aliphatic rings. The molecule has 0 rings (SSSR count). The number of hydrogen-bond acceptors (Lipinski definition) is 6. The van der Waals surface area contributed by atoms with E-state index in [1.165, 1.54) is 38.5 Å². The van der Waals surface area contributed by atoms with Crippen molar-refractivity contribution in [2.24, 2.45) is 0 Å². The Bertz CT molecular complexity index is 1540. The molecule has 0 aromatic carbocycles. The molecule has 0 aromatic heterocycles. The number of quaternary nitrogens is 1. The molecule has 0 heterocycles. The summed E-state index contributed by atoms with van der Waals surface area (Å²) >= 11 is 0. The molecule has 0 aliphatic carbocycles. The van der Waals surface area contributed by atoms with Crippen LogP contribution in [-0.4, -0.2) is 80.6 Å². The third kappa shape index (κ3) is 48.5. The van der Waals surface area contributed by atoms with Crippen LogP contribution in [0.4, 0.5) is 0 Å². The molecule has 2 atom stereocenters. The van der Waals surface area contributed by atoms with Crippen LogP contribution in [0, 0.1) is 0 Å². The number of nitrogens with zero attached hydrogens (tertiary/aromatic N) is 1. The summed E-state index contributed by atoms with van der Waals surface area (Å²) in [6, 6.07) is -0.629. The van der Waals surface area contributed by atoms with Crippen LogP contribution < -0.4 is 0 Å². The third-order valence-electron chi connectivity index (χ3n) is 11.4. The molecule has 0 bridgehead atoms. The Morgan fingerprint density at radius 3 is 1.13 bits per heavy atom. The van der Waals surface area contributed by atoms with Crippen molar-refractivity contribution >= 4 is 17.9 Å². The lowest BCUT2D eigenvalue weighted by Crippen LogP contribution is -2.50. The highest BCUT2D eigenvalue weighted by Crippen LogP contribution is 2.14. The summed E-state index contributed by atoms with van der Waals surface area (Å²) in [6.07, 6.45) is 71.1. The minimum Gasteiger partial charge on any atom is -0.477 e. The third-order valence-corrected chi connectivity index (χ3v) is 11.4. The van der Waals surface area contributed by atoms with Gasteiger partial charge >= 0.3 is 17.9 Å². The van der Waals surface area contributed by atoms with Gasteiger partial charge < -0.3 is 23.8 Å². The molecule has 8 nitrogen and oxygen atoms in total. The van der Waals surface area contributed by atoms with Crippen molar-refractivity contribution in [3.63, 3.8) is 0 Å². The summed E-state index contributed by atoms with van der Waals surface area (Å²) in [6.45, 7) is 4.47. The predicted octanol–water partition coefficient (Wildman–Crippen LogP) is 16.1. The SMILES string of the molecule is CC/C=C/C/C=C/C/C=C/C/C=C/C/C=C/C/C=C/CCCCCCC(=O)OCC(COCCC(C(=O)O)[N+](C)(C)C)OC(=O)CCCCCCCCCCC/C=C/C/C=C/C/C=C/C/C=C/CC. The van der Waals surface area contributed by atoms with Crippen molar-refractivity contribution in [2.75, 3.05) is 41.0 Å². The minimum absolute atomic E-state index is 0.0422. The van der Waals surface area contributed by atoms with Gasteiger partial charge in [0.2, 0.25) is 0 Å². The van der Waals surface area contributed by atoms with Gasteiger partial charge in [-0.1, -0.05) is 193 Å². The number of carboxylic acid groups (broad SMARTS) is 1. The van der Waals surface area contributed by atoms with Crippen LogP contribution in [0.3, 0.4) is 0 Å². The summed E-state index contributed by atoms with van der Waals surface area (Å²) in [5, 5.41) is 9.67. The van der Waals surface area contributed by atoms with Crippen molar-refractivity contribution in [1.29, 1.82) is 0 Å². The van der Waals surface area contributed by atoms with Crippen molar-refractivity contribution in [2.45, 2.75) is 206 Å². The lowest BCUT2D eigenvalue weighted by molar-refractivity contribution is -0.887. The fourth-order valence-electron chi connectivity index (χ4n) is 7.26. The van der Waals surface area contributed by atoms with Crippen LogP contribution in [0.5, 0.6) is 0 Å². The van der Waals surface area contributed by atoms with Gasteiger partial charge in [0.1, 0.15) is 6.61 Å². The zero-order chi connectivity index (χ0) is 50.6. The molecule has 2 unspecified atom stereocenters. The number of allylic oxidation sites excluding steroid dienone is 20. The van der Waals surface area contributed by atoms with Gasteiger partial charge in [-0.05, 0) is 103 Å². The van der Waals surface area contributed by atoms with Crippen LogP contribution >= 0.6 is 0 Å². The van der Waals surface area contributed by atoms with Crippen molar-refractivity contribution in [3.05, 3.63) is 122 Å². The number of carbonyl (C=O) groups excluding carboxylic acids is 2. The second-order valence-corrected chi connectivity index (χ2v) is 18.7. The summed E-state index contributed by atoms with van der Waals surface area (Å²) in [5.74, 6) is -1.52. The first-order valence-corrected chi connectivity index (χ1v) is 27.1. The average molecular weight is 959 g/mol. The first kappa shape index (κ1) is 64.7. The lowest BCUT2D eigenvalue weighted by atomic mass is 10.1. The van der Waals surface area contributed by atoms with Crippen molar-refractivity contribution in [1.82, 2.24) is 0 Å². The van der Waals surface area contributed by atoms with Gasteiger partial charge in [-0.2, -0.15) is 0 Å². The number of hydrogen-bond donors (Lipinski definition) is 1. The molecule has 0 amide bonds. The Kier molecular flexibility index (Phi) is 47.0. The topological polar surface area (TPSA) is 99.1 Å². The van der Waals surface area contributed by atoms with Gasteiger partial charge in [0.05, 0.1) is 34.4 Å². The molecule has 390 valence electrons. The molecule has 69 heavy (non-hydrogen) atoms. The molecule has 0 aromatic rings. The van der Waals surface area contributed by atoms with E-state index < -0.39 is 18.1 Å². The summed E-state index contributed by atoms with van der Waals surface area (Å²) in [5.41, 5.74) is 0. The van der Waals surface area contributed by atoms with Gasteiger partial charge in [0, 0.05) is 19.3 Å². The van der Waals surface area contributed by atoms with E-state index in [9.17, 15) is 19.5 Å². The maximum Gasteiger partial charge on any atom is 0.362 e. The number of ether oxygens (including phenoxy) is 3. The zero-order valence-electron chi connectivity index (χ0n) is 44.5. The van der Waals surface area contributed by atoms with E-state index in [0.29, 0.717) is 19.3 Å².